The molecule has 3 nitrogen and oxygen atoms in total. The van der Waals surface area contributed by atoms with Crippen LogP contribution in [0.4, 0.5) is 0 Å². The first-order valence-corrected chi connectivity index (χ1v) is 8.32. The van der Waals surface area contributed by atoms with Crippen molar-refractivity contribution in [3.63, 3.8) is 0 Å². The van der Waals surface area contributed by atoms with Gasteiger partial charge in [-0.2, -0.15) is 11.8 Å². The van der Waals surface area contributed by atoms with E-state index >= 15 is 0 Å². The quantitative estimate of drug-likeness (QED) is 0.855. The Morgan fingerprint density at radius 3 is 2.83 bits per heavy atom. The average Bonchev–Trinajstić information content (AvgIpc) is 2.36. The van der Waals surface area contributed by atoms with E-state index in [1.54, 1.807) is 0 Å². The van der Waals surface area contributed by atoms with Gasteiger partial charge in [0.2, 0.25) is 5.91 Å². The molecule has 1 heterocycles. The summed E-state index contributed by atoms with van der Waals surface area (Å²) in [4.78, 5) is 14.6. The number of rotatable bonds is 3. The van der Waals surface area contributed by atoms with E-state index in [9.17, 15) is 4.79 Å². The number of fused-ring (bicyclic) bond motifs is 1. The van der Waals surface area contributed by atoms with Gasteiger partial charge in [0.25, 0.3) is 0 Å². The number of amides is 1. The second-order valence-electron chi connectivity index (χ2n) is 6.03. The number of thioether (sulfide) groups is 1. The second-order valence-corrected chi connectivity index (χ2v) is 7.38. The highest BCUT2D eigenvalue weighted by Gasteiger charge is 2.37. The molecule has 1 saturated carbocycles. The fourth-order valence-electron chi connectivity index (χ4n) is 3.19. The van der Waals surface area contributed by atoms with Gasteiger partial charge >= 0.3 is 0 Å². The summed E-state index contributed by atoms with van der Waals surface area (Å²) >= 11 is 2.06. The average molecular weight is 270 g/mol. The summed E-state index contributed by atoms with van der Waals surface area (Å²) in [6.07, 6.45) is 5.86. The standard InChI is InChI=1S/C14H26N2OS/c1-10(2)9-11(15)14(17)16-7-8-18-13-6-4-3-5-12(13)16/h10-13H,3-9,15H2,1-2H3/t11-,12+,13+/m0/s1. The maximum Gasteiger partial charge on any atom is 0.239 e. The number of carbonyl (C=O) groups excluding carboxylic acids is 1. The minimum Gasteiger partial charge on any atom is -0.336 e. The van der Waals surface area contributed by atoms with E-state index in [0.717, 1.165) is 18.7 Å². The van der Waals surface area contributed by atoms with Crippen molar-refractivity contribution in [2.75, 3.05) is 12.3 Å². The Hall–Kier alpha value is -0.220. The van der Waals surface area contributed by atoms with E-state index in [1.807, 2.05) is 0 Å². The third-order valence-electron chi connectivity index (χ3n) is 4.06. The van der Waals surface area contributed by atoms with E-state index in [2.05, 4.69) is 30.5 Å². The third-order valence-corrected chi connectivity index (χ3v) is 5.45. The fourth-order valence-corrected chi connectivity index (χ4v) is 4.64. The van der Waals surface area contributed by atoms with Crippen LogP contribution in [0.2, 0.25) is 0 Å². The van der Waals surface area contributed by atoms with Crippen LogP contribution in [0.5, 0.6) is 0 Å². The smallest absolute Gasteiger partial charge is 0.239 e. The molecule has 104 valence electrons. The monoisotopic (exact) mass is 270 g/mol. The summed E-state index contributed by atoms with van der Waals surface area (Å²) < 4.78 is 0. The first-order valence-electron chi connectivity index (χ1n) is 7.27. The molecular formula is C14H26N2OS. The summed E-state index contributed by atoms with van der Waals surface area (Å²) in [6.45, 7) is 5.15. The summed E-state index contributed by atoms with van der Waals surface area (Å²) in [7, 11) is 0. The van der Waals surface area contributed by atoms with Crippen LogP contribution in [0.25, 0.3) is 0 Å². The topological polar surface area (TPSA) is 46.3 Å². The third kappa shape index (κ3) is 3.21. The van der Waals surface area contributed by atoms with E-state index in [1.165, 1.54) is 25.7 Å². The molecular weight excluding hydrogens is 244 g/mol. The van der Waals surface area contributed by atoms with Crippen molar-refractivity contribution in [2.45, 2.75) is 63.3 Å². The predicted molar refractivity (Wildman–Crippen MR) is 77.6 cm³/mol. The zero-order valence-electron chi connectivity index (χ0n) is 11.6. The molecule has 2 aliphatic rings. The molecule has 0 bridgehead atoms. The van der Waals surface area contributed by atoms with Crippen molar-refractivity contribution in [1.29, 1.82) is 0 Å². The van der Waals surface area contributed by atoms with Gasteiger partial charge in [0.1, 0.15) is 0 Å². The molecule has 1 saturated heterocycles. The zero-order chi connectivity index (χ0) is 13.1. The first kappa shape index (κ1) is 14.2. The van der Waals surface area contributed by atoms with Crippen molar-refractivity contribution in [3.8, 4) is 0 Å². The number of nitrogens with two attached hydrogens (primary N) is 1. The Labute approximate surface area is 115 Å². The normalized spacial score (nSPS) is 30.1. The van der Waals surface area contributed by atoms with Crippen LogP contribution in [0.1, 0.15) is 46.0 Å². The molecule has 0 aromatic heterocycles. The van der Waals surface area contributed by atoms with E-state index < -0.39 is 0 Å². The van der Waals surface area contributed by atoms with Gasteiger partial charge in [0, 0.05) is 23.6 Å². The van der Waals surface area contributed by atoms with Crippen LogP contribution >= 0.6 is 11.8 Å². The maximum absolute atomic E-state index is 12.5. The molecule has 3 atom stereocenters. The van der Waals surface area contributed by atoms with Gasteiger partial charge in [-0.1, -0.05) is 26.7 Å². The molecule has 2 fully saturated rings. The number of nitrogens with zero attached hydrogens (tertiary/aromatic N) is 1. The molecule has 1 aliphatic heterocycles. The van der Waals surface area contributed by atoms with Crippen molar-refractivity contribution < 1.29 is 4.79 Å². The highest BCUT2D eigenvalue weighted by molar-refractivity contribution is 8.00. The molecule has 0 aromatic carbocycles. The number of hydrogen-bond donors (Lipinski definition) is 1. The Morgan fingerprint density at radius 2 is 2.11 bits per heavy atom. The lowest BCUT2D eigenvalue weighted by Gasteiger charge is -2.44. The SMILES string of the molecule is CC(C)C[C@H](N)C(=O)N1CCS[C@@H]2CCCC[C@H]21. The van der Waals surface area contributed by atoms with Gasteiger partial charge < -0.3 is 10.6 Å². The Morgan fingerprint density at radius 1 is 1.39 bits per heavy atom. The molecule has 4 heteroatoms. The molecule has 0 spiro atoms. The van der Waals surface area contributed by atoms with Crippen molar-refractivity contribution in [1.82, 2.24) is 4.90 Å². The van der Waals surface area contributed by atoms with Gasteiger partial charge in [0.05, 0.1) is 6.04 Å². The minimum absolute atomic E-state index is 0.195. The maximum atomic E-state index is 12.5. The summed E-state index contributed by atoms with van der Waals surface area (Å²) in [5.74, 6) is 1.77. The lowest BCUT2D eigenvalue weighted by atomic mass is 9.92. The number of hydrogen-bond acceptors (Lipinski definition) is 3. The van der Waals surface area contributed by atoms with Gasteiger partial charge in [-0.3, -0.25) is 4.79 Å². The number of carbonyl (C=O) groups is 1. The van der Waals surface area contributed by atoms with Crippen LogP contribution in [-0.2, 0) is 4.79 Å². The largest absolute Gasteiger partial charge is 0.336 e. The van der Waals surface area contributed by atoms with Crippen LogP contribution in [0.3, 0.4) is 0 Å². The van der Waals surface area contributed by atoms with Crippen molar-refractivity contribution >= 4 is 17.7 Å². The van der Waals surface area contributed by atoms with Gasteiger partial charge in [-0.05, 0) is 25.2 Å². The van der Waals surface area contributed by atoms with Gasteiger partial charge in [-0.25, -0.2) is 0 Å². The van der Waals surface area contributed by atoms with Crippen LogP contribution in [0.15, 0.2) is 0 Å². The van der Waals surface area contributed by atoms with Crippen molar-refractivity contribution in [2.24, 2.45) is 11.7 Å². The highest BCUT2D eigenvalue weighted by Crippen LogP contribution is 2.35. The van der Waals surface area contributed by atoms with E-state index in [4.69, 9.17) is 5.73 Å². The molecule has 0 aromatic rings. The Balaban J connectivity index is 1.99. The lowest BCUT2D eigenvalue weighted by Crippen LogP contribution is -2.56. The first-order chi connectivity index (χ1) is 8.59. The molecule has 0 radical (unpaired) electrons. The lowest BCUT2D eigenvalue weighted by molar-refractivity contribution is -0.135. The van der Waals surface area contributed by atoms with Gasteiger partial charge in [-0.15, -0.1) is 0 Å². The molecule has 2 rings (SSSR count). The van der Waals surface area contributed by atoms with E-state index in [-0.39, 0.29) is 11.9 Å². The Kier molecular flexibility index (Phi) is 4.96. The summed E-state index contributed by atoms with van der Waals surface area (Å²) in [5, 5.41) is 0.669. The van der Waals surface area contributed by atoms with Crippen LogP contribution in [0, 0.1) is 5.92 Å². The summed E-state index contributed by atoms with van der Waals surface area (Å²) in [6, 6.07) is 0.166. The fraction of sp³-hybridized carbons (Fsp3) is 0.929. The molecule has 2 N–H and O–H groups in total. The predicted octanol–water partition coefficient (Wildman–Crippen LogP) is 2.25. The Bertz CT molecular complexity index is 294. The van der Waals surface area contributed by atoms with Crippen LogP contribution in [-0.4, -0.2) is 40.4 Å². The summed E-state index contributed by atoms with van der Waals surface area (Å²) in [5.41, 5.74) is 6.07. The molecule has 1 aliphatic carbocycles. The highest BCUT2D eigenvalue weighted by atomic mass is 32.2. The molecule has 0 unspecified atom stereocenters. The van der Waals surface area contributed by atoms with Crippen molar-refractivity contribution in [3.05, 3.63) is 0 Å². The molecule has 1 amide bonds. The van der Waals surface area contributed by atoms with Gasteiger partial charge in [0.15, 0.2) is 0 Å². The van der Waals surface area contributed by atoms with Crippen LogP contribution < -0.4 is 5.73 Å². The van der Waals surface area contributed by atoms with E-state index in [0.29, 0.717) is 17.2 Å². The zero-order valence-corrected chi connectivity index (χ0v) is 12.4. The molecule has 18 heavy (non-hydrogen) atoms. The second kappa shape index (κ2) is 6.29. The minimum atomic E-state index is -0.296.